The number of carboxylic acid groups (broad SMARTS) is 1. The summed E-state index contributed by atoms with van der Waals surface area (Å²) in [6, 6.07) is 4.87. The number of β-lactam (4-membered cyclic amide) rings is 1. The molecule has 0 radical (unpaired) electrons. The number of hydrogen-bond acceptors (Lipinski definition) is 13. The van der Waals surface area contributed by atoms with Gasteiger partial charge in [-0.05, 0) is 6.07 Å². The van der Waals surface area contributed by atoms with E-state index >= 15 is 0 Å². The third kappa shape index (κ3) is 5.91. The van der Waals surface area contributed by atoms with Crippen molar-refractivity contribution in [2.75, 3.05) is 24.3 Å². The van der Waals surface area contributed by atoms with Crippen LogP contribution in [-0.2, 0) is 25.8 Å². The van der Waals surface area contributed by atoms with Crippen LogP contribution in [0, 0.1) is 11.3 Å². The molecule has 2 aliphatic rings. The average molecular weight is 630 g/mol. The van der Waals surface area contributed by atoms with Gasteiger partial charge in [0, 0.05) is 28.2 Å². The molecule has 2 amide bonds. The van der Waals surface area contributed by atoms with Gasteiger partial charge in [-0.3, -0.25) is 14.5 Å². The lowest BCUT2D eigenvalue weighted by molar-refractivity contribution is -0.688. The number of oxime groups is 1. The van der Waals surface area contributed by atoms with Gasteiger partial charge >= 0.3 is 5.97 Å². The number of carbonyl (C=O) groups excluding carboxylic acids is 2. The highest BCUT2D eigenvalue weighted by molar-refractivity contribution is 8.01. The number of fused-ring (bicyclic) bond motifs is 1. The summed E-state index contributed by atoms with van der Waals surface area (Å²) in [4.78, 5) is 53.0. The Labute approximate surface area is 249 Å². The number of nitrogen functional groups attached to an aromatic ring is 1. The minimum atomic E-state index is -1.22. The molecule has 3 aromatic rings. The lowest BCUT2D eigenvalue weighted by Gasteiger charge is -2.49. The molecule has 5 rings (SSSR count). The fourth-order valence-electron chi connectivity index (χ4n) is 4.25. The molecule has 5 heterocycles. The molecule has 210 valence electrons. The number of nitrogens with two attached hydrogens (primary N) is 1. The molecule has 1 fully saturated rings. The van der Waals surface area contributed by atoms with Crippen LogP contribution in [0.2, 0.25) is 0 Å². The molecule has 0 spiro atoms. The van der Waals surface area contributed by atoms with E-state index in [2.05, 4.69) is 26.5 Å². The fraction of sp³-hybridized carbons (Fsp3) is 0.250. The van der Waals surface area contributed by atoms with Gasteiger partial charge in [-0.25, -0.2) is 19.3 Å². The lowest BCUT2D eigenvalue weighted by Crippen LogP contribution is -2.71. The van der Waals surface area contributed by atoms with Crippen LogP contribution in [0.4, 0.5) is 5.13 Å². The van der Waals surface area contributed by atoms with Crippen molar-refractivity contribution in [2.24, 2.45) is 5.16 Å². The van der Waals surface area contributed by atoms with Gasteiger partial charge in [0.05, 0.1) is 23.1 Å². The number of aromatic nitrogens is 3. The summed E-state index contributed by atoms with van der Waals surface area (Å²) >= 11 is 5.30. The highest BCUT2D eigenvalue weighted by Gasteiger charge is 2.54. The second-order valence-corrected chi connectivity index (χ2v) is 12.6. The van der Waals surface area contributed by atoms with E-state index in [0.717, 1.165) is 26.9 Å². The Balaban J connectivity index is 1.32. The van der Waals surface area contributed by atoms with Gasteiger partial charge in [0.15, 0.2) is 34.1 Å². The van der Waals surface area contributed by atoms with E-state index < -0.39 is 29.2 Å². The van der Waals surface area contributed by atoms with E-state index in [4.69, 9.17) is 15.8 Å². The second-order valence-electron chi connectivity index (χ2n) is 8.52. The van der Waals surface area contributed by atoms with Gasteiger partial charge in [-0.2, -0.15) is 5.26 Å². The van der Waals surface area contributed by atoms with Gasteiger partial charge in [0.1, 0.15) is 29.9 Å². The summed E-state index contributed by atoms with van der Waals surface area (Å²) in [6.45, 7) is 0.242. The van der Waals surface area contributed by atoms with E-state index in [-0.39, 0.29) is 28.8 Å². The molecule has 1 saturated heterocycles. The Morgan fingerprint density at radius 3 is 2.93 bits per heavy atom. The number of rotatable bonds is 10. The highest BCUT2D eigenvalue weighted by Crippen LogP contribution is 2.40. The SMILES string of the molecule is CO/N=C(\C(=O)NC1C(=O)N2C(C(=O)O)=C(C[n+]3cccc(-c4csc(SCC#N)n4)c3)CSC12)c1csc(N)n1. The smallest absolute Gasteiger partial charge is 0.352 e. The van der Waals surface area contributed by atoms with Crippen molar-refractivity contribution in [3.63, 3.8) is 0 Å². The van der Waals surface area contributed by atoms with E-state index in [0.29, 0.717) is 17.1 Å². The Bertz CT molecular complexity index is 1630. The number of amides is 2. The fourth-order valence-corrected chi connectivity index (χ4v) is 7.63. The van der Waals surface area contributed by atoms with Crippen LogP contribution < -0.4 is 15.6 Å². The zero-order chi connectivity index (χ0) is 29.1. The first-order chi connectivity index (χ1) is 19.8. The lowest BCUT2D eigenvalue weighted by atomic mass is 10.0. The zero-order valence-corrected chi connectivity index (χ0v) is 24.5. The Kier molecular flexibility index (Phi) is 8.54. The Hall–Kier alpha value is -3.98. The summed E-state index contributed by atoms with van der Waals surface area (Å²) in [5, 5.41) is 28.3. The van der Waals surface area contributed by atoms with E-state index in [1.165, 1.54) is 46.9 Å². The van der Waals surface area contributed by atoms with Crippen LogP contribution in [0.3, 0.4) is 0 Å². The van der Waals surface area contributed by atoms with Crippen molar-refractivity contribution in [2.45, 2.75) is 22.3 Å². The van der Waals surface area contributed by atoms with Crippen molar-refractivity contribution in [3.8, 4) is 17.3 Å². The van der Waals surface area contributed by atoms with Crippen LogP contribution in [0.15, 0.2) is 56.1 Å². The number of nitriles is 1. The van der Waals surface area contributed by atoms with Crippen LogP contribution in [0.25, 0.3) is 11.3 Å². The van der Waals surface area contributed by atoms with Crippen LogP contribution >= 0.6 is 46.2 Å². The summed E-state index contributed by atoms with van der Waals surface area (Å²) in [7, 11) is 1.28. The highest BCUT2D eigenvalue weighted by atomic mass is 32.2. The predicted octanol–water partition coefficient (Wildman–Crippen LogP) is 1.54. The van der Waals surface area contributed by atoms with Crippen molar-refractivity contribution in [3.05, 3.63) is 52.3 Å². The Morgan fingerprint density at radius 2 is 2.22 bits per heavy atom. The van der Waals surface area contributed by atoms with E-state index in [9.17, 15) is 19.5 Å². The number of pyridine rings is 1. The maximum absolute atomic E-state index is 13.1. The summed E-state index contributed by atoms with van der Waals surface area (Å²) < 4.78 is 2.63. The first-order valence-electron chi connectivity index (χ1n) is 11.8. The second kappa shape index (κ2) is 12.3. The molecular formula is C24H21N8O5S4+. The molecule has 2 aliphatic heterocycles. The molecule has 2 unspecified atom stereocenters. The molecule has 17 heteroatoms. The number of carbonyl (C=O) groups is 3. The summed E-state index contributed by atoms with van der Waals surface area (Å²) in [6.07, 6.45) is 3.67. The number of thioether (sulfide) groups is 2. The maximum atomic E-state index is 13.1. The normalized spacial score (nSPS) is 18.4. The first-order valence-corrected chi connectivity index (χ1v) is 15.6. The number of carboxylic acids is 1. The topological polar surface area (TPSA) is 188 Å². The van der Waals surface area contributed by atoms with Crippen LogP contribution in [0.5, 0.6) is 0 Å². The molecule has 4 N–H and O–H groups in total. The number of nitrogens with one attached hydrogen (secondary N) is 1. The monoisotopic (exact) mass is 629 g/mol. The summed E-state index contributed by atoms with van der Waals surface area (Å²) in [5.41, 5.74) is 7.78. The Morgan fingerprint density at radius 1 is 1.39 bits per heavy atom. The van der Waals surface area contributed by atoms with Crippen molar-refractivity contribution < 1.29 is 28.9 Å². The minimum absolute atomic E-state index is 0.0935. The van der Waals surface area contributed by atoms with Crippen molar-refractivity contribution in [1.82, 2.24) is 20.2 Å². The summed E-state index contributed by atoms with van der Waals surface area (Å²) in [5.74, 6) is -1.80. The molecule has 0 aromatic carbocycles. The third-order valence-electron chi connectivity index (χ3n) is 5.97. The zero-order valence-electron chi connectivity index (χ0n) is 21.2. The molecule has 41 heavy (non-hydrogen) atoms. The van der Waals surface area contributed by atoms with Crippen LogP contribution in [0.1, 0.15) is 5.69 Å². The number of anilines is 1. The third-order valence-corrected chi connectivity index (χ3v) is 9.87. The van der Waals surface area contributed by atoms with Gasteiger partial charge < -0.3 is 21.0 Å². The minimum Gasteiger partial charge on any atom is -0.477 e. The van der Waals surface area contributed by atoms with E-state index in [1.54, 1.807) is 5.38 Å². The number of thiazole rings is 2. The molecule has 0 saturated carbocycles. The van der Waals surface area contributed by atoms with Crippen molar-refractivity contribution >= 4 is 74.8 Å². The van der Waals surface area contributed by atoms with Gasteiger partial charge in [-0.1, -0.05) is 16.9 Å². The van der Waals surface area contributed by atoms with Gasteiger partial charge in [-0.15, -0.1) is 34.4 Å². The van der Waals surface area contributed by atoms with Gasteiger partial charge in [0.25, 0.3) is 11.8 Å². The van der Waals surface area contributed by atoms with Crippen LogP contribution in [-0.4, -0.2) is 73.5 Å². The maximum Gasteiger partial charge on any atom is 0.352 e. The molecule has 0 bridgehead atoms. The predicted molar refractivity (Wildman–Crippen MR) is 154 cm³/mol. The molecule has 2 atom stereocenters. The van der Waals surface area contributed by atoms with Crippen molar-refractivity contribution in [1.29, 1.82) is 5.26 Å². The molecule has 3 aromatic heterocycles. The first kappa shape index (κ1) is 28.5. The van der Waals surface area contributed by atoms with E-state index in [1.807, 2.05) is 34.5 Å². The number of nitrogens with zero attached hydrogens (tertiary/aromatic N) is 6. The molecule has 0 aliphatic carbocycles. The molecular weight excluding hydrogens is 609 g/mol. The standard InChI is InChI=1S/C24H20N8O5S4/c1-37-30-16(15-11-40-23(26)27-15)19(33)29-17-20(34)32-18(22(35)36)13(9-39-21(17)32)8-31-5-2-3-12(7-31)14-10-41-24(28-14)38-6-4-25/h2-3,5,7,10-11,17,21H,6,8-9H2,1H3,(H3-,26,27,29,33,35,36)/p+1/b30-16-. The molecule has 13 nitrogen and oxygen atoms in total. The largest absolute Gasteiger partial charge is 0.477 e. The average Bonchev–Trinajstić information content (AvgIpc) is 3.62. The number of aliphatic carboxylic acids is 1. The quantitative estimate of drug-likeness (QED) is 0.0970. The number of hydrogen-bond donors (Lipinski definition) is 3. The van der Waals surface area contributed by atoms with Gasteiger partial charge in [0.2, 0.25) is 0 Å².